The number of pyridine rings is 1. The van der Waals surface area contributed by atoms with Crippen LogP contribution in [0.15, 0.2) is 35.1 Å². The van der Waals surface area contributed by atoms with Crippen LogP contribution in [-0.2, 0) is 6.54 Å². The second kappa shape index (κ2) is 5.51. The molecule has 0 saturated carbocycles. The maximum Gasteiger partial charge on any atom is 0.0898 e. The molecule has 1 aliphatic heterocycles. The minimum atomic E-state index is -0.0292. The zero-order valence-corrected chi connectivity index (χ0v) is 9.23. The van der Waals surface area contributed by atoms with Gasteiger partial charge in [-0.15, -0.1) is 4.48 Å². The Morgan fingerprint density at radius 2 is 2.35 bits per heavy atom. The number of nitrogens with two attached hydrogens (primary N) is 1. The number of halogens is 1. The molecule has 6 heteroatoms. The molecule has 0 radical (unpaired) electrons. The fourth-order valence-corrected chi connectivity index (χ4v) is 1.58. The average molecular weight is 235 g/mol. The van der Waals surface area contributed by atoms with E-state index in [1.54, 1.807) is 18.1 Å². The first-order chi connectivity index (χ1) is 8.33. The molecule has 0 fully saturated rings. The number of aliphatic imine (C=N–C) groups is 1. The second-order valence-corrected chi connectivity index (χ2v) is 3.67. The molecule has 0 aliphatic carbocycles. The van der Waals surface area contributed by atoms with Crippen molar-refractivity contribution in [2.75, 3.05) is 6.54 Å². The number of hydrogen-bond acceptors (Lipinski definition) is 5. The van der Waals surface area contributed by atoms with Crippen molar-refractivity contribution in [3.05, 3.63) is 41.4 Å². The molecule has 2 heterocycles. The largest absolute Gasteiger partial charge is 0.364 e. The summed E-state index contributed by atoms with van der Waals surface area (Å²) >= 11 is 0. The molecule has 0 aromatic carbocycles. The van der Waals surface area contributed by atoms with Gasteiger partial charge in [-0.05, 0) is 17.7 Å². The lowest BCUT2D eigenvalue weighted by atomic mass is 10.1. The van der Waals surface area contributed by atoms with Gasteiger partial charge in [0.2, 0.25) is 0 Å². The molecular formula is C11H14FN5. The van der Waals surface area contributed by atoms with Crippen molar-refractivity contribution < 1.29 is 4.48 Å². The Hall–Kier alpha value is -1.79. The first kappa shape index (κ1) is 11.7. The lowest BCUT2D eigenvalue weighted by molar-refractivity contribution is 0.330. The number of aromatic nitrogens is 1. The Labute approximate surface area is 98.6 Å². The second-order valence-electron chi connectivity index (χ2n) is 3.67. The molecular weight excluding hydrogens is 221 g/mol. The van der Waals surface area contributed by atoms with Crippen molar-refractivity contribution in [3.8, 4) is 0 Å². The number of rotatable bonds is 4. The predicted octanol–water partition coefficient (Wildman–Crippen LogP) is 0.571. The van der Waals surface area contributed by atoms with Crippen LogP contribution in [0.5, 0.6) is 0 Å². The predicted molar refractivity (Wildman–Crippen MR) is 63.7 cm³/mol. The Morgan fingerprint density at radius 3 is 3.00 bits per heavy atom. The van der Waals surface area contributed by atoms with Crippen LogP contribution in [0.3, 0.4) is 0 Å². The highest BCUT2D eigenvalue weighted by Crippen LogP contribution is 2.16. The van der Waals surface area contributed by atoms with E-state index >= 15 is 0 Å². The molecule has 17 heavy (non-hydrogen) atoms. The van der Waals surface area contributed by atoms with Gasteiger partial charge in [-0.3, -0.25) is 4.98 Å². The maximum atomic E-state index is 11.9. The first-order valence-electron chi connectivity index (χ1n) is 5.31. The number of nitrogens with one attached hydrogen (secondary N) is 2. The van der Waals surface area contributed by atoms with E-state index in [2.05, 4.69) is 15.3 Å². The van der Waals surface area contributed by atoms with Gasteiger partial charge in [-0.25, -0.2) is 4.99 Å². The summed E-state index contributed by atoms with van der Waals surface area (Å²) in [5.74, 6) is 0. The first-order valence-corrected chi connectivity index (χ1v) is 5.31. The van der Waals surface area contributed by atoms with Crippen LogP contribution in [0.1, 0.15) is 17.3 Å². The van der Waals surface area contributed by atoms with E-state index in [4.69, 9.17) is 5.73 Å². The van der Waals surface area contributed by atoms with E-state index in [9.17, 15) is 4.48 Å². The van der Waals surface area contributed by atoms with Crippen molar-refractivity contribution in [1.29, 1.82) is 0 Å². The van der Waals surface area contributed by atoms with Gasteiger partial charge in [0.25, 0.3) is 0 Å². The summed E-state index contributed by atoms with van der Waals surface area (Å²) < 4.78 is 11.9. The van der Waals surface area contributed by atoms with Crippen molar-refractivity contribution >= 4 is 6.34 Å². The Morgan fingerprint density at radius 1 is 1.47 bits per heavy atom. The van der Waals surface area contributed by atoms with Gasteiger partial charge in [0.15, 0.2) is 0 Å². The van der Waals surface area contributed by atoms with Crippen molar-refractivity contribution in [3.63, 3.8) is 0 Å². The van der Waals surface area contributed by atoms with Crippen LogP contribution in [0.25, 0.3) is 0 Å². The SMILES string of the molecule is NCC1=CC(c2ccc(CNF)cn2)NC=N1. The van der Waals surface area contributed by atoms with Crippen LogP contribution < -0.4 is 16.6 Å². The molecule has 1 aromatic rings. The van der Waals surface area contributed by atoms with E-state index in [0.717, 1.165) is 17.0 Å². The minimum Gasteiger partial charge on any atom is -0.364 e. The molecule has 1 unspecified atom stereocenters. The normalized spacial score (nSPS) is 18.7. The van der Waals surface area contributed by atoms with Crippen molar-refractivity contribution in [2.24, 2.45) is 10.7 Å². The van der Waals surface area contributed by atoms with Crippen molar-refractivity contribution in [1.82, 2.24) is 15.8 Å². The summed E-state index contributed by atoms with van der Waals surface area (Å²) in [7, 11) is 0. The van der Waals surface area contributed by atoms with E-state index in [1.165, 1.54) is 0 Å². The van der Waals surface area contributed by atoms with Gasteiger partial charge in [-0.2, -0.15) is 5.54 Å². The molecule has 0 amide bonds. The summed E-state index contributed by atoms with van der Waals surface area (Å²) in [6, 6.07) is 3.66. The average Bonchev–Trinajstić information content (AvgIpc) is 2.40. The number of nitrogens with zero attached hydrogens (tertiary/aromatic N) is 2. The standard InChI is InChI=1S/C11H14FN5/c12-17-6-8-1-2-10(14-5-8)11-3-9(4-13)15-7-16-11/h1-3,5,7,11,17H,4,6,13H2,(H,15,16). The van der Waals surface area contributed by atoms with Crippen LogP contribution in [-0.4, -0.2) is 17.9 Å². The van der Waals surface area contributed by atoms with E-state index in [0.29, 0.717) is 6.54 Å². The highest BCUT2D eigenvalue weighted by Gasteiger charge is 2.12. The monoisotopic (exact) mass is 235 g/mol. The Balaban J connectivity index is 2.12. The number of hydrogen-bond donors (Lipinski definition) is 3. The van der Waals surface area contributed by atoms with Crippen LogP contribution in [0.4, 0.5) is 4.48 Å². The van der Waals surface area contributed by atoms with E-state index in [1.807, 2.05) is 18.2 Å². The quantitative estimate of drug-likeness (QED) is 0.667. The van der Waals surface area contributed by atoms with Gasteiger partial charge in [-0.1, -0.05) is 6.07 Å². The summed E-state index contributed by atoms with van der Waals surface area (Å²) in [6.07, 6.45) is 5.19. The van der Waals surface area contributed by atoms with Crippen LogP contribution >= 0.6 is 0 Å². The van der Waals surface area contributed by atoms with Crippen LogP contribution in [0, 0.1) is 0 Å². The van der Waals surface area contributed by atoms with Gasteiger partial charge in [0.1, 0.15) is 0 Å². The summed E-state index contributed by atoms with van der Waals surface area (Å²) in [6.45, 7) is 0.565. The third-order valence-electron chi connectivity index (χ3n) is 2.49. The third-order valence-corrected chi connectivity index (χ3v) is 2.49. The summed E-state index contributed by atoms with van der Waals surface area (Å²) in [5, 5.41) is 3.08. The van der Waals surface area contributed by atoms with Gasteiger partial charge < -0.3 is 11.1 Å². The molecule has 5 nitrogen and oxygen atoms in total. The minimum absolute atomic E-state index is 0.0292. The smallest absolute Gasteiger partial charge is 0.0898 e. The van der Waals surface area contributed by atoms with Gasteiger partial charge >= 0.3 is 0 Å². The highest BCUT2D eigenvalue weighted by atomic mass is 19.2. The van der Waals surface area contributed by atoms with E-state index in [-0.39, 0.29) is 12.6 Å². The lowest BCUT2D eigenvalue weighted by Gasteiger charge is -2.17. The Bertz CT molecular complexity index is 426. The third kappa shape index (κ3) is 2.86. The van der Waals surface area contributed by atoms with Gasteiger partial charge in [0.05, 0.1) is 30.3 Å². The summed E-state index contributed by atoms with van der Waals surface area (Å²) in [4.78, 5) is 8.36. The molecule has 1 aromatic heterocycles. The molecule has 1 aliphatic rings. The molecule has 0 saturated heterocycles. The highest BCUT2D eigenvalue weighted by molar-refractivity contribution is 5.59. The summed E-state index contributed by atoms with van der Waals surface area (Å²) in [5.41, 5.74) is 9.59. The van der Waals surface area contributed by atoms with Crippen molar-refractivity contribution in [2.45, 2.75) is 12.6 Å². The van der Waals surface area contributed by atoms with E-state index < -0.39 is 0 Å². The Kier molecular flexibility index (Phi) is 3.79. The molecule has 2 rings (SSSR count). The molecule has 4 N–H and O–H groups in total. The topological polar surface area (TPSA) is 75.3 Å². The lowest BCUT2D eigenvalue weighted by Crippen LogP contribution is -2.23. The fraction of sp³-hybridized carbons (Fsp3) is 0.273. The zero-order chi connectivity index (χ0) is 12.1. The molecule has 1 atom stereocenters. The van der Waals surface area contributed by atoms with Gasteiger partial charge in [0, 0.05) is 12.7 Å². The molecule has 0 bridgehead atoms. The maximum absolute atomic E-state index is 11.9. The molecule has 0 spiro atoms. The zero-order valence-electron chi connectivity index (χ0n) is 9.23. The fourth-order valence-electron chi connectivity index (χ4n) is 1.58. The molecule has 90 valence electrons. The van der Waals surface area contributed by atoms with Crippen LogP contribution in [0.2, 0.25) is 0 Å².